The minimum absolute atomic E-state index is 0.216. The first kappa shape index (κ1) is 19.4. The quantitative estimate of drug-likeness (QED) is 0.687. The molecule has 148 valence electrons. The van der Waals surface area contributed by atoms with Gasteiger partial charge in [-0.3, -0.25) is 9.78 Å². The fraction of sp³-hybridized carbons (Fsp3) is 0.227. The molecule has 3 aromatic rings. The summed E-state index contributed by atoms with van der Waals surface area (Å²) in [5.74, 6) is 0.672. The third kappa shape index (κ3) is 4.55. The van der Waals surface area contributed by atoms with Crippen molar-refractivity contribution in [2.75, 3.05) is 29.9 Å². The lowest BCUT2D eigenvalue weighted by Gasteiger charge is -2.32. The third-order valence-electron chi connectivity index (χ3n) is 4.87. The summed E-state index contributed by atoms with van der Waals surface area (Å²) >= 11 is 6.31. The highest BCUT2D eigenvalue weighted by atomic mass is 35.5. The van der Waals surface area contributed by atoms with Crippen molar-refractivity contribution in [1.82, 2.24) is 15.3 Å². The molecule has 0 saturated carbocycles. The molecule has 29 heavy (non-hydrogen) atoms. The Kier molecular flexibility index (Phi) is 5.74. The van der Waals surface area contributed by atoms with Crippen LogP contribution in [0.1, 0.15) is 17.3 Å². The van der Waals surface area contributed by atoms with Crippen LogP contribution in [-0.4, -0.2) is 41.6 Å². The van der Waals surface area contributed by atoms with E-state index in [4.69, 9.17) is 11.6 Å². The molecule has 2 aromatic heterocycles. The zero-order valence-electron chi connectivity index (χ0n) is 16.1. The lowest BCUT2D eigenvalue weighted by molar-refractivity contribution is 0.102. The molecular weight excluding hydrogens is 386 g/mol. The molecule has 1 saturated heterocycles. The van der Waals surface area contributed by atoms with E-state index in [2.05, 4.69) is 32.4 Å². The van der Waals surface area contributed by atoms with Crippen LogP contribution in [0.15, 0.2) is 60.9 Å². The van der Waals surface area contributed by atoms with Crippen molar-refractivity contribution >= 4 is 29.0 Å². The zero-order chi connectivity index (χ0) is 20.2. The largest absolute Gasteiger partial charge is 0.354 e. The molecule has 2 N–H and O–H groups in total. The normalized spacial score (nSPS) is 16.5. The van der Waals surface area contributed by atoms with E-state index in [-0.39, 0.29) is 5.91 Å². The van der Waals surface area contributed by atoms with Gasteiger partial charge in [0.2, 0.25) is 0 Å². The lowest BCUT2D eigenvalue weighted by Crippen LogP contribution is -2.49. The van der Waals surface area contributed by atoms with Crippen molar-refractivity contribution in [2.45, 2.75) is 13.0 Å². The van der Waals surface area contributed by atoms with E-state index in [0.29, 0.717) is 22.3 Å². The fourth-order valence-electron chi connectivity index (χ4n) is 3.37. The number of carbonyl (C=O) groups excluding carboxylic acids is 1. The average Bonchev–Trinajstić information content (AvgIpc) is 2.76. The number of piperazine rings is 1. The standard InChI is InChI=1S/C22H22ClN5O/c1-15-14-28(11-10-24-15)21-8-5-16(13-26-21)22(29)27-17-6-7-19(23)18(12-17)20-4-2-3-9-25-20/h2-9,12-13,15,24H,10-11,14H2,1H3,(H,27,29)/t15-/m1/s1. The molecule has 3 heterocycles. The summed E-state index contributed by atoms with van der Waals surface area (Å²) in [5, 5.41) is 6.91. The highest BCUT2D eigenvalue weighted by Gasteiger charge is 2.17. The van der Waals surface area contributed by atoms with Gasteiger partial charge in [0.1, 0.15) is 5.82 Å². The molecule has 1 aromatic carbocycles. The molecule has 0 aliphatic carbocycles. The van der Waals surface area contributed by atoms with Gasteiger partial charge in [0.15, 0.2) is 0 Å². The van der Waals surface area contributed by atoms with Crippen molar-refractivity contribution in [3.63, 3.8) is 0 Å². The highest BCUT2D eigenvalue weighted by molar-refractivity contribution is 6.33. The maximum Gasteiger partial charge on any atom is 0.257 e. The molecule has 1 fully saturated rings. The van der Waals surface area contributed by atoms with E-state index in [1.807, 2.05) is 30.3 Å². The molecule has 7 heteroatoms. The molecule has 0 radical (unpaired) electrons. The number of carbonyl (C=O) groups is 1. The van der Waals surface area contributed by atoms with E-state index in [1.54, 1.807) is 30.6 Å². The van der Waals surface area contributed by atoms with Crippen LogP contribution >= 0.6 is 11.6 Å². The van der Waals surface area contributed by atoms with Crippen LogP contribution in [0.5, 0.6) is 0 Å². The Hall–Kier alpha value is -2.96. The monoisotopic (exact) mass is 407 g/mol. The lowest BCUT2D eigenvalue weighted by atomic mass is 10.1. The van der Waals surface area contributed by atoms with E-state index >= 15 is 0 Å². The van der Waals surface area contributed by atoms with Crippen LogP contribution in [0.2, 0.25) is 5.02 Å². The Labute approximate surface area is 174 Å². The number of anilines is 2. The second-order valence-electron chi connectivity index (χ2n) is 7.07. The number of amides is 1. The smallest absolute Gasteiger partial charge is 0.257 e. The van der Waals surface area contributed by atoms with Crippen molar-refractivity contribution in [2.24, 2.45) is 0 Å². The van der Waals surface area contributed by atoms with E-state index in [0.717, 1.165) is 36.7 Å². The molecule has 1 aliphatic rings. The number of benzene rings is 1. The van der Waals surface area contributed by atoms with Gasteiger partial charge >= 0.3 is 0 Å². The Morgan fingerprint density at radius 1 is 1.21 bits per heavy atom. The summed E-state index contributed by atoms with van der Waals surface area (Å²) in [4.78, 5) is 23.7. The van der Waals surface area contributed by atoms with Crippen LogP contribution in [0.4, 0.5) is 11.5 Å². The Balaban J connectivity index is 1.48. The molecule has 0 unspecified atom stereocenters. The van der Waals surface area contributed by atoms with Gasteiger partial charge in [-0.25, -0.2) is 4.98 Å². The SMILES string of the molecule is C[C@@H]1CN(c2ccc(C(=O)Nc3ccc(Cl)c(-c4ccccn4)c3)cn2)CCN1. The summed E-state index contributed by atoms with van der Waals surface area (Å²) in [5.41, 5.74) is 2.68. The molecular formula is C22H22ClN5O. The van der Waals surface area contributed by atoms with Crippen molar-refractivity contribution in [3.8, 4) is 11.3 Å². The number of hydrogen-bond donors (Lipinski definition) is 2. The Bertz CT molecular complexity index is 994. The first-order chi connectivity index (χ1) is 14.1. The topological polar surface area (TPSA) is 70.2 Å². The number of rotatable bonds is 4. The number of halogens is 1. The van der Waals surface area contributed by atoms with Gasteiger partial charge in [-0.15, -0.1) is 0 Å². The van der Waals surface area contributed by atoms with Gasteiger partial charge in [-0.1, -0.05) is 17.7 Å². The van der Waals surface area contributed by atoms with Crippen LogP contribution in [0, 0.1) is 0 Å². The minimum Gasteiger partial charge on any atom is -0.354 e. The minimum atomic E-state index is -0.216. The van der Waals surface area contributed by atoms with Gasteiger partial charge in [0.25, 0.3) is 5.91 Å². The van der Waals surface area contributed by atoms with E-state index in [1.165, 1.54) is 0 Å². The number of hydrogen-bond acceptors (Lipinski definition) is 5. The predicted octanol–water partition coefficient (Wildman–Crippen LogP) is 3.85. The Morgan fingerprint density at radius 2 is 2.10 bits per heavy atom. The van der Waals surface area contributed by atoms with Gasteiger partial charge in [-0.05, 0) is 49.4 Å². The van der Waals surface area contributed by atoms with Crippen LogP contribution in [-0.2, 0) is 0 Å². The first-order valence-corrected chi connectivity index (χ1v) is 9.94. The molecule has 1 aliphatic heterocycles. The summed E-state index contributed by atoms with van der Waals surface area (Å²) in [7, 11) is 0. The maximum absolute atomic E-state index is 12.7. The summed E-state index contributed by atoms with van der Waals surface area (Å²) in [6.07, 6.45) is 3.33. The van der Waals surface area contributed by atoms with Gasteiger partial charge in [0.05, 0.1) is 16.3 Å². The van der Waals surface area contributed by atoms with Gasteiger partial charge in [-0.2, -0.15) is 0 Å². The third-order valence-corrected chi connectivity index (χ3v) is 5.20. The van der Waals surface area contributed by atoms with Crippen LogP contribution in [0.25, 0.3) is 11.3 Å². The van der Waals surface area contributed by atoms with Crippen LogP contribution in [0.3, 0.4) is 0 Å². The van der Waals surface area contributed by atoms with Gasteiger partial charge in [0, 0.05) is 49.3 Å². The second kappa shape index (κ2) is 8.59. The molecule has 1 atom stereocenters. The van der Waals surface area contributed by atoms with Gasteiger partial charge < -0.3 is 15.5 Å². The molecule has 1 amide bonds. The second-order valence-corrected chi connectivity index (χ2v) is 7.48. The summed E-state index contributed by atoms with van der Waals surface area (Å²) in [6, 6.07) is 15.1. The molecule has 6 nitrogen and oxygen atoms in total. The van der Waals surface area contributed by atoms with Crippen molar-refractivity contribution < 1.29 is 4.79 Å². The highest BCUT2D eigenvalue weighted by Crippen LogP contribution is 2.29. The molecule has 0 bridgehead atoms. The number of pyridine rings is 2. The fourth-order valence-corrected chi connectivity index (χ4v) is 3.59. The first-order valence-electron chi connectivity index (χ1n) is 9.57. The number of aromatic nitrogens is 2. The van der Waals surface area contributed by atoms with Crippen molar-refractivity contribution in [3.05, 3.63) is 71.5 Å². The number of nitrogens with one attached hydrogen (secondary N) is 2. The number of nitrogens with zero attached hydrogens (tertiary/aromatic N) is 3. The maximum atomic E-state index is 12.7. The summed E-state index contributed by atoms with van der Waals surface area (Å²) < 4.78 is 0. The molecule has 4 rings (SSSR count). The molecule has 0 spiro atoms. The average molecular weight is 408 g/mol. The Morgan fingerprint density at radius 3 is 2.83 bits per heavy atom. The predicted molar refractivity (Wildman–Crippen MR) is 117 cm³/mol. The van der Waals surface area contributed by atoms with E-state index in [9.17, 15) is 4.79 Å². The summed E-state index contributed by atoms with van der Waals surface area (Å²) in [6.45, 7) is 4.89. The van der Waals surface area contributed by atoms with Crippen molar-refractivity contribution in [1.29, 1.82) is 0 Å². The van der Waals surface area contributed by atoms with E-state index < -0.39 is 0 Å². The van der Waals surface area contributed by atoms with Crippen LogP contribution < -0.4 is 15.5 Å². The zero-order valence-corrected chi connectivity index (χ0v) is 16.9.